The van der Waals surface area contributed by atoms with Gasteiger partial charge < -0.3 is 14.6 Å². The van der Waals surface area contributed by atoms with Crippen LogP contribution >= 0.6 is 0 Å². The summed E-state index contributed by atoms with van der Waals surface area (Å²) in [5.41, 5.74) is 0. The first-order chi connectivity index (χ1) is 27.7. The molecule has 5 heteroatoms. The molecular formula is C52H106O5. The average molecular weight is 811 g/mol. The van der Waals surface area contributed by atoms with Gasteiger partial charge in [0.1, 0.15) is 0 Å². The fourth-order valence-electron chi connectivity index (χ4n) is 7.17. The average Bonchev–Trinajstić information content (AvgIpc) is 3.17. The summed E-state index contributed by atoms with van der Waals surface area (Å²) in [6, 6.07) is 0. The Morgan fingerprint density at radius 3 is 0.667 bits per heavy atom. The van der Waals surface area contributed by atoms with Crippen LogP contribution in [0.5, 0.6) is 0 Å². The number of hydrogen-bond acceptors (Lipinski definition) is 5. The predicted molar refractivity (Wildman–Crippen MR) is 251 cm³/mol. The molecule has 0 radical (unpaired) electrons. The molecule has 1 N–H and O–H groups in total. The van der Waals surface area contributed by atoms with E-state index in [9.17, 15) is 9.59 Å². The summed E-state index contributed by atoms with van der Waals surface area (Å²) in [6.45, 7) is 14.8. The van der Waals surface area contributed by atoms with Crippen molar-refractivity contribution in [2.45, 2.75) is 318 Å². The van der Waals surface area contributed by atoms with Gasteiger partial charge in [0.15, 0.2) is 0 Å². The van der Waals surface area contributed by atoms with Crippen LogP contribution in [0.1, 0.15) is 305 Å². The molecule has 5 nitrogen and oxygen atoms in total. The van der Waals surface area contributed by atoms with Gasteiger partial charge in [-0.25, -0.2) is 0 Å². The fraction of sp³-hybridized carbons (Fsp3) is 0.962. The maximum atomic E-state index is 11.3. The number of carbonyl (C=O) groups excluding carboxylic acids is 2. The number of rotatable bonds is 42. The van der Waals surface area contributed by atoms with Gasteiger partial charge in [-0.1, -0.05) is 245 Å². The van der Waals surface area contributed by atoms with Crippen molar-refractivity contribution >= 4 is 11.9 Å². The second-order valence-electron chi connectivity index (χ2n) is 17.7. The van der Waals surface area contributed by atoms with Crippen LogP contribution in [0, 0.1) is 0 Å². The molecule has 0 atom stereocenters. The Bertz CT molecular complexity index is 722. The molecule has 0 bridgehead atoms. The Morgan fingerprint density at radius 1 is 0.316 bits per heavy atom. The van der Waals surface area contributed by atoms with Crippen LogP contribution in [0.15, 0.2) is 0 Å². The maximum Gasteiger partial charge on any atom is 0.306 e. The van der Waals surface area contributed by atoms with Crippen molar-refractivity contribution in [2.24, 2.45) is 0 Å². The first-order valence-electron chi connectivity index (χ1n) is 25.7. The molecule has 0 amide bonds. The van der Waals surface area contributed by atoms with Crippen molar-refractivity contribution in [3.05, 3.63) is 0 Å². The van der Waals surface area contributed by atoms with Crippen molar-refractivity contribution in [2.75, 3.05) is 6.61 Å². The molecule has 0 fully saturated rings. The Morgan fingerprint density at radius 2 is 0.491 bits per heavy atom. The van der Waals surface area contributed by atoms with Crippen LogP contribution in [-0.4, -0.2) is 35.9 Å². The van der Waals surface area contributed by atoms with Crippen LogP contribution in [0.3, 0.4) is 0 Å². The quantitative estimate of drug-likeness (QED) is 0.0491. The predicted octanol–water partition coefficient (Wildman–Crippen LogP) is 17.5. The molecule has 0 saturated heterocycles. The van der Waals surface area contributed by atoms with Crippen molar-refractivity contribution in [1.82, 2.24) is 0 Å². The largest absolute Gasteiger partial charge is 0.463 e. The van der Waals surface area contributed by atoms with E-state index in [1.165, 1.54) is 225 Å². The first kappa shape index (κ1) is 60.2. The van der Waals surface area contributed by atoms with E-state index in [-0.39, 0.29) is 24.1 Å². The molecular weight excluding hydrogens is 705 g/mol. The molecule has 0 spiro atoms. The van der Waals surface area contributed by atoms with Crippen molar-refractivity contribution in [1.29, 1.82) is 0 Å². The minimum atomic E-state index is -0.0362. The number of carbonyl (C=O) groups is 2. The van der Waals surface area contributed by atoms with E-state index >= 15 is 0 Å². The minimum absolute atomic E-state index is 0.0273. The number of aliphatic hydroxyl groups excluding tert-OH is 1. The van der Waals surface area contributed by atoms with Gasteiger partial charge in [-0.2, -0.15) is 0 Å². The fourth-order valence-corrected chi connectivity index (χ4v) is 7.17. The van der Waals surface area contributed by atoms with Gasteiger partial charge in [0.05, 0.1) is 12.2 Å². The third-order valence-electron chi connectivity index (χ3n) is 10.7. The number of unbranched alkanes of at least 4 members (excludes halogenated alkanes) is 35. The Labute approximate surface area is 359 Å². The molecule has 0 heterocycles. The third kappa shape index (κ3) is 64.2. The lowest BCUT2D eigenvalue weighted by molar-refractivity contribution is -0.148. The zero-order chi connectivity index (χ0) is 42.7. The number of aliphatic hydroxyl groups is 1. The van der Waals surface area contributed by atoms with Gasteiger partial charge in [0.2, 0.25) is 0 Å². The molecule has 57 heavy (non-hydrogen) atoms. The van der Waals surface area contributed by atoms with Crippen molar-refractivity contribution in [3.8, 4) is 0 Å². The smallest absolute Gasteiger partial charge is 0.306 e. The number of ether oxygens (including phenoxy) is 2. The van der Waals surface area contributed by atoms with E-state index in [1.807, 2.05) is 27.7 Å². The minimum Gasteiger partial charge on any atom is -0.463 e. The summed E-state index contributed by atoms with van der Waals surface area (Å²) in [4.78, 5) is 22.6. The molecule has 0 aromatic rings. The van der Waals surface area contributed by atoms with Gasteiger partial charge in [-0.05, 0) is 47.0 Å². The molecule has 0 saturated carbocycles. The lowest BCUT2D eigenvalue weighted by Crippen LogP contribution is -2.10. The van der Waals surface area contributed by atoms with Gasteiger partial charge in [-0.15, -0.1) is 0 Å². The van der Waals surface area contributed by atoms with E-state index in [2.05, 4.69) is 20.8 Å². The first-order valence-corrected chi connectivity index (χ1v) is 25.7. The highest BCUT2D eigenvalue weighted by Crippen LogP contribution is 2.15. The highest BCUT2D eigenvalue weighted by molar-refractivity contribution is 5.69. The molecule has 0 aliphatic heterocycles. The van der Waals surface area contributed by atoms with E-state index < -0.39 is 0 Å². The molecule has 0 aromatic carbocycles. The van der Waals surface area contributed by atoms with Crippen molar-refractivity contribution < 1.29 is 24.2 Å². The lowest BCUT2D eigenvalue weighted by Gasteiger charge is -2.07. The van der Waals surface area contributed by atoms with Crippen LogP contribution in [0.2, 0.25) is 0 Å². The van der Waals surface area contributed by atoms with E-state index in [0.29, 0.717) is 19.4 Å². The second-order valence-corrected chi connectivity index (χ2v) is 17.7. The SMILES string of the molecule is CCCCCCCCCCCCCC(=O)OC(C)C.CCCCCCCCCCCCCCCC(=O)OC(C)C.CCCCCCCCCCCCCCCCO. The molecule has 344 valence electrons. The Balaban J connectivity index is -0.000000772. The summed E-state index contributed by atoms with van der Waals surface area (Å²) < 4.78 is 10.2. The van der Waals surface area contributed by atoms with Gasteiger partial charge in [0.25, 0.3) is 0 Å². The van der Waals surface area contributed by atoms with Gasteiger partial charge >= 0.3 is 11.9 Å². The van der Waals surface area contributed by atoms with Crippen molar-refractivity contribution in [3.63, 3.8) is 0 Å². The second kappa shape index (κ2) is 54.9. The van der Waals surface area contributed by atoms with Crippen LogP contribution in [0.4, 0.5) is 0 Å². The van der Waals surface area contributed by atoms with E-state index in [4.69, 9.17) is 14.6 Å². The van der Waals surface area contributed by atoms with Crippen LogP contribution < -0.4 is 0 Å². The highest BCUT2D eigenvalue weighted by Gasteiger charge is 2.05. The molecule has 0 aliphatic carbocycles. The topological polar surface area (TPSA) is 72.8 Å². The lowest BCUT2D eigenvalue weighted by atomic mass is 10.0. The standard InChI is InChI=1S/C19H38O2.C17H34O2.C16H34O/c1-4-5-6-7-8-9-10-11-12-13-14-15-16-17-19(20)21-18(2)3;1-4-5-6-7-8-9-10-11-12-13-14-15-17(18)19-16(2)3;1-2-3-4-5-6-7-8-9-10-11-12-13-14-15-16-17/h18H,4-17H2,1-3H3;16H,4-15H2,1-3H3;17H,2-16H2,1H3. The molecule has 0 rings (SSSR count). The number of esters is 2. The van der Waals surface area contributed by atoms with Crippen LogP contribution in [0.25, 0.3) is 0 Å². The third-order valence-corrected chi connectivity index (χ3v) is 10.7. The normalized spacial score (nSPS) is 11.0. The summed E-state index contributed by atoms with van der Waals surface area (Å²) >= 11 is 0. The number of hydrogen-bond donors (Lipinski definition) is 1. The highest BCUT2D eigenvalue weighted by atomic mass is 16.5. The summed E-state index contributed by atoms with van der Waals surface area (Å²) in [7, 11) is 0. The van der Waals surface area contributed by atoms with Gasteiger partial charge in [-0.3, -0.25) is 9.59 Å². The zero-order valence-corrected chi connectivity index (χ0v) is 40.2. The molecule has 0 unspecified atom stereocenters. The molecule has 0 aliphatic rings. The zero-order valence-electron chi connectivity index (χ0n) is 40.2. The van der Waals surface area contributed by atoms with Gasteiger partial charge in [0, 0.05) is 19.4 Å². The van der Waals surface area contributed by atoms with E-state index in [0.717, 1.165) is 19.3 Å². The van der Waals surface area contributed by atoms with Crippen LogP contribution in [-0.2, 0) is 19.1 Å². The monoisotopic (exact) mass is 811 g/mol. The maximum absolute atomic E-state index is 11.3. The summed E-state index contributed by atoms with van der Waals surface area (Å²) in [6.07, 6.45) is 52.3. The van der Waals surface area contributed by atoms with E-state index in [1.54, 1.807) is 0 Å². The Hall–Kier alpha value is -1.10. The molecule has 0 aromatic heterocycles. The summed E-state index contributed by atoms with van der Waals surface area (Å²) in [5, 5.41) is 8.64. The summed E-state index contributed by atoms with van der Waals surface area (Å²) in [5.74, 6) is -0.0704. The Kier molecular flexibility index (Phi) is 58.0.